The van der Waals surface area contributed by atoms with E-state index in [1.807, 2.05) is 166 Å². The van der Waals surface area contributed by atoms with Crippen LogP contribution in [0.3, 0.4) is 0 Å². The van der Waals surface area contributed by atoms with Crippen LogP contribution in [0.15, 0.2) is 190 Å². The Kier molecular flexibility index (Phi) is 21.3. The second-order valence-electron chi connectivity index (χ2n) is 28.0. The van der Waals surface area contributed by atoms with Crippen molar-refractivity contribution in [3.8, 4) is 46.0 Å². The van der Waals surface area contributed by atoms with E-state index in [0.29, 0.717) is 143 Å². The Balaban J connectivity index is 0.000000175. The Bertz CT molecular complexity index is 5240. The lowest BCUT2D eigenvalue weighted by Crippen LogP contribution is -2.32. The second kappa shape index (κ2) is 31.9. The number of nitrogens with two attached hydrogens (primary N) is 1. The summed E-state index contributed by atoms with van der Waals surface area (Å²) in [6.07, 6.45) is 19.3. The van der Waals surface area contributed by atoms with E-state index in [4.69, 9.17) is 63.6 Å². The molecular weight excluding hydrogens is 1460 g/mol. The number of nitrogens with one attached hydrogen (secondary N) is 1. The number of Topliss-reactive ketones (excluding diaryl/α,β-unsaturated/α-hetero) is 2. The molecule has 0 saturated heterocycles. The number of halogens is 1. The highest BCUT2D eigenvalue weighted by Gasteiger charge is 2.40. The number of aliphatic imine (C=N–C) groups is 4. The van der Waals surface area contributed by atoms with Crippen LogP contribution >= 0.6 is 15.9 Å². The number of hydrogen-bond acceptors (Lipinski definition) is 18. The van der Waals surface area contributed by atoms with Crippen molar-refractivity contribution in [1.29, 1.82) is 0 Å². The number of hydrogen-bond donors (Lipinski definition) is 2. The van der Waals surface area contributed by atoms with Gasteiger partial charge in [-0.1, -0.05) is 76.6 Å². The molecule has 3 amide bonds. The number of ketones is 2. The average Bonchev–Trinajstić information content (AvgIpc) is 1.63. The molecule has 2 aliphatic carbocycles. The summed E-state index contributed by atoms with van der Waals surface area (Å²) in [5.74, 6) is 4.00. The van der Waals surface area contributed by atoms with E-state index < -0.39 is 0 Å². The van der Waals surface area contributed by atoms with Gasteiger partial charge in [0, 0.05) is 133 Å². The number of amides is 3. The van der Waals surface area contributed by atoms with Gasteiger partial charge in [-0.15, -0.1) is 0 Å². The fourth-order valence-corrected chi connectivity index (χ4v) is 15.2. The number of nitrogens with zero attached hydrogens (tertiary/aromatic N) is 6. The lowest BCUT2D eigenvalue weighted by Gasteiger charge is -2.19. The summed E-state index contributed by atoms with van der Waals surface area (Å²) in [6, 6.07) is 45.0. The molecule has 0 fully saturated rings. The number of alkyl halides is 1. The van der Waals surface area contributed by atoms with Gasteiger partial charge in [0.2, 0.25) is 5.91 Å². The van der Waals surface area contributed by atoms with E-state index in [0.717, 1.165) is 80.0 Å². The summed E-state index contributed by atoms with van der Waals surface area (Å²) < 4.78 is 46.5. The van der Waals surface area contributed by atoms with Crippen LogP contribution in [0.4, 0.5) is 34.1 Å². The molecule has 0 radical (unpaired) electrons. The van der Waals surface area contributed by atoms with Gasteiger partial charge in [0.25, 0.3) is 11.8 Å². The van der Waals surface area contributed by atoms with Crippen molar-refractivity contribution in [3.05, 3.63) is 226 Å². The van der Waals surface area contributed by atoms with Gasteiger partial charge in [0.05, 0.1) is 106 Å². The number of carbonyl (C=O) groups excluding carboxylic acids is 5. The number of methoxy groups -OCH3 is 4. The molecule has 16 rings (SSSR count). The Labute approximate surface area is 645 Å². The first-order valence-corrected chi connectivity index (χ1v) is 37.7. The number of benzene rings is 8. The molecule has 3 N–H and O–H groups in total. The highest BCUT2D eigenvalue weighted by molar-refractivity contribution is 9.09. The standard InChI is InChI=1S/C45H41BrN4O7.C43H40N4O6/c1-26-15-36-38(47-23-30-16-29(18-35(30)44(36)52)27-7-11-34(54-2)12-8-27)20-40(26)56-13-4-14-57-42-21-39-37(19-41(42)55-3)45(53)50-25-31(17-33(50)24-48-39)28-5-9-32(10-6-28)49-43(51)22-46;1-25-15-35-37(45-22-29-16-28(18-34(29)42(35)48)26-7-11-33(50-2)12-8-26)20-39(25)52-13-4-14-53-41-21-38-36(19-40(41)51-3)43(49)47-24-30(17-32(47)23-46-38)27-5-9-31(44)10-6-27/h5-12,15,18-21,23-25,30,33,35H,4,13-14,16-17,22H2,1-3H3,(H,49,51);5-12,15,18-24,29,32,34H,4,13-14,16-17,44H2,1-3H3/t30-,33-,35?;29-,32-,34?/m00/s1. The average molecular weight is 1540 g/mol. The van der Waals surface area contributed by atoms with Crippen LogP contribution in [-0.2, 0) is 4.79 Å². The second-order valence-corrected chi connectivity index (χ2v) is 28.6. The SMILES string of the molecule is COc1ccc(C2=CC3C(=O)c4cc(C)c(OCCCOc5cc6c(cc5OC)C(=O)N5C=C(c7ccc(N)cc7)C[C@H]5C=N6)cc4N=C[C@@H]3C2)cc1.COc1ccc(C2=CC3C(=O)c4cc(C)c(OCCCOc5cc6c(cc5OC)C(=O)N5C=C(c7ccc(NC(=O)CBr)cc7)C[C@H]5C=N6)cc4N=C[C@@H]3C2)cc1. The molecule has 0 saturated carbocycles. The van der Waals surface area contributed by atoms with Crippen LogP contribution in [0, 0.1) is 37.5 Å². The molecular formula is C88H81BrN8O13. The van der Waals surface area contributed by atoms with Crippen molar-refractivity contribution in [1.82, 2.24) is 9.80 Å². The number of aryl methyl sites for hydroxylation is 2. The molecule has 6 heterocycles. The van der Waals surface area contributed by atoms with Gasteiger partial charge in [-0.05, 0) is 155 Å². The zero-order valence-corrected chi connectivity index (χ0v) is 63.2. The van der Waals surface area contributed by atoms with Gasteiger partial charge in [-0.2, -0.15) is 0 Å². The van der Waals surface area contributed by atoms with Crippen molar-refractivity contribution in [2.75, 3.05) is 71.2 Å². The Morgan fingerprint density at radius 3 is 1.23 bits per heavy atom. The van der Waals surface area contributed by atoms with Gasteiger partial charge < -0.3 is 58.7 Å². The van der Waals surface area contributed by atoms with E-state index in [1.165, 1.54) is 0 Å². The summed E-state index contributed by atoms with van der Waals surface area (Å²) in [4.78, 5) is 89.1. The molecule has 8 aromatic carbocycles. The van der Waals surface area contributed by atoms with Crippen molar-refractivity contribution in [3.63, 3.8) is 0 Å². The number of nitrogen functional groups attached to an aromatic ring is 1. The molecule has 0 bridgehead atoms. The molecule has 8 aromatic rings. The molecule has 6 atom stereocenters. The third-order valence-electron chi connectivity index (χ3n) is 21.0. The van der Waals surface area contributed by atoms with Gasteiger partial charge in [-0.25, -0.2) is 0 Å². The summed E-state index contributed by atoms with van der Waals surface area (Å²) in [6.45, 7) is 5.33. The monoisotopic (exact) mass is 1540 g/mol. The maximum Gasteiger partial charge on any atom is 0.260 e. The van der Waals surface area contributed by atoms with E-state index in [9.17, 15) is 24.0 Å². The van der Waals surface area contributed by atoms with E-state index in [1.54, 1.807) is 68.7 Å². The molecule has 0 aromatic heterocycles. The molecule has 110 heavy (non-hydrogen) atoms. The maximum absolute atomic E-state index is 13.8. The molecule has 8 aliphatic rings. The quantitative estimate of drug-likeness (QED) is 0.0364. The lowest BCUT2D eigenvalue weighted by molar-refractivity contribution is -0.113. The minimum absolute atomic E-state index is 0.00410. The largest absolute Gasteiger partial charge is 0.497 e. The number of anilines is 2. The molecule has 2 unspecified atom stereocenters. The molecule has 558 valence electrons. The topological polar surface area (TPSA) is 253 Å². The van der Waals surface area contributed by atoms with Crippen molar-refractivity contribution in [2.24, 2.45) is 43.6 Å². The number of carbonyl (C=O) groups is 5. The van der Waals surface area contributed by atoms with Crippen LogP contribution in [0.1, 0.15) is 113 Å². The lowest BCUT2D eigenvalue weighted by atomic mass is 9.89. The summed E-state index contributed by atoms with van der Waals surface area (Å²) in [7, 11) is 6.39. The minimum Gasteiger partial charge on any atom is -0.497 e. The zero-order valence-electron chi connectivity index (χ0n) is 61.7. The Morgan fingerprint density at radius 1 is 0.445 bits per heavy atom. The first kappa shape index (κ1) is 73.3. The highest BCUT2D eigenvalue weighted by atomic mass is 79.9. The number of allylic oxidation sites excluding steroid dienone is 4. The molecule has 22 heteroatoms. The van der Waals surface area contributed by atoms with Crippen LogP contribution in [-0.4, -0.2) is 136 Å². The van der Waals surface area contributed by atoms with Crippen molar-refractivity contribution >= 4 is 126 Å². The molecule has 21 nitrogen and oxygen atoms in total. The number of ether oxygens (including phenoxy) is 8. The maximum atomic E-state index is 13.8. The fourth-order valence-electron chi connectivity index (χ4n) is 15.1. The zero-order chi connectivity index (χ0) is 76.3. The summed E-state index contributed by atoms with van der Waals surface area (Å²) in [5.41, 5.74) is 21.9. The molecule has 6 aliphatic heterocycles. The van der Waals surface area contributed by atoms with E-state index >= 15 is 0 Å². The predicted octanol–water partition coefficient (Wildman–Crippen LogP) is 16.8. The normalized spacial score (nSPS) is 19.3. The van der Waals surface area contributed by atoms with E-state index in [2.05, 4.69) is 33.4 Å². The third kappa shape index (κ3) is 15.2. The number of rotatable bonds is 22. The van der Waals surface area contributed by atoms with Crippen LogP contribution < -0.4 is 48.9 Å². The van der Waals surface area contributed by atoms with E-state index in [-0.39, 0.29) is 70.4 Å². The third-order valence-corrected chi connectivity index (χ3v) is 21.5. The molecule has 0 spiro atoms. The van der Waals surface area contributed by atoms with Gasteiger partial charge in [0.15, 0.2) is 34.6 Å². The van der Waals surface area contributed by atoms with Crippen molar-refractivity contribution < 1.29 is 61.9 Å². The van der Waals surface area contributed by atoms with Crippen LogP contribution in [0.5, 0.6) is 46.0 Å². The first-order chi connectivity index (χ1) is 53.5. The van der Waals surface area contributed by atoms with Gasteiger partial charge in [0.1, 0.15) is 23.0 Å². The van der Waals surface area contributed by atoms with Crippen LogP contribution in [0.2, 0.25) is 0 Å². The van der Waals surface area contributed by atoms with Gasteiger partial charge >= 0.3 is 0 Å². The summed E-state index contributed by atoms with van der Waals surface area (Å²) in [5, 5.41) is 3.04. The highest BCUT2D eigenvalue weighted by Crippen LogP contribution is 2.47. The predicted molar refractivity (Wildman–Crippen MR) is 431 cm³/mol. The van der Waals surface area contributed by atoms with Crippen LogP contribution in [0.25, 0.3) is 22.3 Å². The van der Waals surface area contributed by atoms with Crippen molar-refractivity contribution in [2.45, 2.75) is 64.5 Å². The van der Waals surface area contributed by atoms with Gasteiger partial charge in [-0.3, -0.25) is 43.9 Å². The Morgan fingerprint density at radius 2 is 0.818 bits per heavy atom. The summed E-state index contributed by atoms with van der Waals surface area (Å²) >= 11 is 3.16. The minimum atomic E-state index is -0.262. The number of fused-ring (bicyclic) bond motifs is 8. The first-order valence-electron chi connectivity index (χ1n) is 36.6. The smallest absolute Gasteiger partial charge is 0.260 e. The Hall–Kier alpha value is -12.2. The fraction of sp³-hybridized carbons (Fsp3) is 0.261.